The van der Waals surface area contributed by atoms with Crippen LogP contribution in [0.25, 0.3) is 5.69 Å². The summed E-state index contributed by atoms with van der Waals surface area (Å²) >= 11 is 6.38. The van der Waals surface area contributed by atoms with E-state index in [9.17, 15) is 4.79 Å². The molecule has 0 bridgehead atoms. The molecule has 26 heavy (non-hydrogen) atoms. The lowest BCUT2D eigenvalue weighted by atomic mass is 9.87. The number of aromatic nitrogens is 2. The zero-order chi connectivity index (χ0) is 18.9. The van der Waals surface area contributed by atoms with E-state index in [1.807, 2.05) is 53.9 Å². The minimum Gasteiger partial charge on any atom is -0.327 e. The van der Waals surface area contributed by atoms with E-state index in [-0.39, 0.29) is 17.2 Å². The molecule has 2 aromatic rings. The first-order valence-electron chi connectivity index (χ1n) is 8.88. The Morgan fingerprint density at radius 3 is 2.73 bits per heavy atom. The summed E-state index contributed by atoms with van der Waals surface area (Å²) in [5, 5.41) is 5.23. The Hall–Kier alpha value is -2.25. The van der Waals surface area contributed by atoms with Crippen molar-refractivity contribution in [3.63, 3.8) is 0 Å². The van der Waals surface area contributed by atoms with Crippen molar-refractivity contribution in [1.29, 1.82) is 0 Å². The molecular formula is C21H24ClN3O. The van der Waals surface area contributed by atoms with Gasteiger partial charge >= 0.3 is 0 Å². The molecule has 3 rings (SSSR count). The van der Waals surface area contributed by atoms with Crippen LogP contribution in [0.4, 0.5) is 0 Å². The van der Waals surface area contributed by atoms with Crippen LogP contribution in [-0.4, -0.2) is 27.1 Å². The molecule has 1 aliphatic heterocycles. The topological polar surface area (TPSA) is 38.1 Å². The molecule has 2 heterocycles. The van der Waals surface area contributed by atoms with Gasteiger partial charge in [0.25, 0.3) is 5.91 Å². The molecular weight excluding hydrogens is 346 g/mol. The molecule has 5 heteroatoms. The standard InChI is InChI=1S/C21H24ClN3O/c1-15(2)9-10-20(26)24-13-16-12-23-25(18-8-6-5-7-17(18)22)19(16)11-21(3,4)14-24/h5-8,12,15H,11,13-14H2,1-4H3. The van der Waals surface area contributed by atoms with Crippen molar-refractivity contribution < 1.29 is 4.79 Å². The van der Waals surface area contributed by atoms with Crippen LogP contribution in [0.3, 0.4) is 0 Å². The third kappa shape index (κ3) is 3.94. The van der Waals surface area contributed by atoms with Crippen LogP contribution in [-0.2, 0) is 17.8 Å². The van der Waals surface area contributed by atoms with Crippen molar-refractivity contribution in [3.8, 4) is 17.5 Å². The third-order valence-electron chi connectivity index (χ3n) is 4.42. The lowest BCUT2D eigenvalue weighted by Gasteiger charge is -2.28. The summed E-state index contributed by atoms with van der Waals surface area (Å²) in [7, 11) is 0. The van der Waals surface area contributed by atoms with Crippen LogP contribution in [0, 0.1) is 23.2 Å². The lowest BCUT2D eigenvalue weighted by Crippen LogP contribution is -2.36. The second-order valence-corrected chi connectivity index (χ2v) is 8.31. The van der Waals surface area contributed by atoms with Gasteiger partial charge in [0, 0.05) is 30.3 Å². The van der Waals surface area contributed by atoms with E-state index >= 15 is 0 Å². The molecule has 1 aromatic carbocycles. The van der Waals surface area contributed by atoms with Crippen molar-refractivity contribution in [3.05, 3.63) is 46.7 Å². The molecule has 0 N–H and O–H groups in total. The first kappa shape index (κ1) is 18.5. The Bertz CT molecular complexity index is 886. The molecule has 1 amide bonds. The number of nitrogens with zero attached hydrogens (tertiary/aromatic N) is 3. The van der Waals surface area contributed by atoms with Crippen LogP contribution in [0.2, 0.25) is 5.02 Å². The van der Waals surface area contributed by atoms with E-state index in [4.69, 9.17) is 11.6 Å². The SMILES string of the molecule is CC(C)C#CC(=O)N1Cc2cnn(-c3ccccc3Cl)c2CC(C)(C)C1. The molecule has 1 aliphatic rings. The van der Waals surface area contributed by atoms with Crippen LogP contribution in [0.15, 0.2) is 30.5 Å². The van der Waals surface area contributed by atoms with Crippen molar-refractivity contribution in [2.24, 2.45) is 11.3 Å². The van der Waals surface area contributed by atoms with E-state index in [2.05, 4.69) is 30.8 Å². The summed E-state index contributed by atoms with van der Waals surface area (Å²) in [5.74, 6) is 5.82. The summed E-state index contributed by atoms with van der Waals surface area (Å²) in [6, 6.07) is 7.69. The van der Waals surface area contributed by atoms with Crippen molar-refractivity contribution >= 4 is 17.5 Å². The minimum absolute atomic E-state index is 0.0839. The highest BCUT2D eigenvalue weighted by Crippen LogP contribution is 2.32. The number of amides is 1. The number of hydrogen-bond acceptors (Lipinski definition) is 2. The number of benzene rings is 1. The first-order chi connectivity index (χ1) is 12.3. The fourth-order valence-electron chi connectivity index (χ4n) is 3.28. The van der Waals surface area contributed by atoms with E-state index < -0.39 is 0 Å². The Kier molecular flexibility index (Phi) is 5.11. The summed E-state index contributed by atoms with van der Waals surface area (Å²) in [4.78, 5) is 14.4. The molecule has 0 radical (unpaired) electrons. The maximum atomic E-state index is 12.6. The predicted octanol–water partition coefficient (Wildman–Crippen LogP) is 4.10. The molecule has 0 atom stereocenters. The monoisotopic (exact) mass is 369 g/mol. The van der Waals surface area contributed by atoms with Crippen LogP contribution < -0.4 is 0 Å². The van der Waals surface area contributed by atoms with Gasteiger partial charge in [-0.2, -0.15) is 5.10 Å². The molecule has 0 spiro atoms. The highest BCUT2D eigenvalue weighted by atomic mass is 35.5. The maximum Gasteiger partial charge on any atom is 0.298 e. The van der Waals surface area contributed by atoms with Gasteiger partial charge in [-0.15, -0.1) is 0 Å². The average molecular weight is 370 g/mol. The number of carbonyl (C=O) groups is 1. The Labute approximate surface area is 160 Å². The number of fused-ring (bicyclic) bond motifs is 1. The van der Waals surface area contributed by atoms with Crippen LogP contribution >= 0.6 is 11.6 Å². The van der Waals surface area contributed by atoms with E-state index in [1.54, 1.807) is 0 Å². The predicted molar refractivity (Wildman–Crippen MR) is 104 cm³/mol. The smallest absolute Gasteiger partial charge is 0.298 e. The van der Waals surface area contributed by atoms with E-state index in [0.29, 0.717) is 18.1 Å². The second kappa shape index (κ2) is 7.17. The zero-order valence-electron chi connectivity index (χ0n) is 15.7. The zero-order valence-corrected chi connectivity index (χ0v) is 16.5. The summed E-state index contributed by atoms with van der Waals surface area (Å²) in [6.45, 7) is 9.49. The number of halogens is 1. The molecule has 1 aromatic heterocycles. The summed E-state index contributed by atoms with van der Waals surface area (Å²) in [6.07, 6.45) is 2.66. The van der Waals surface area contributed by atoms with Gasteiger partial charge in [0.05, 0.1) is 16.9 Å². The van der Waals surface area contributed by atoms with Gasteiger partial charge in [-0.25, -0.2) is 4.68 Å². The number of rotatable bonds is 1. The Morgan fingerprint density at radius 1 is 1.31 bits per heavy atom. The Morgan fingerprint density at radius 2 is 2.04 bits per heavy atom. The molecule has 0 unspecified atom stereocenters. The summed E-state index contributed by atoms with van der Waals surface area (Å²) < 4.78 is 1.91. The molecule has 0 saturated heterocycles. The van der Waals surface area contributed by atoms with Gasteiger partial charge in [0.15, 0.2) is 0 Å². The van der Waals surface area contributed by atoms with Gasteiger partial charge in [0.1, 0.15) is 0 Å². The van der Waals surface area contributed by atoms with E-state index in [0.717, 1.165) is 23.4 Å². The fraction of sp³-hybridized carbons (Fsp3) is 0.429. The van der Waals surface area contributed by atoms with Crippen molar-refractivity contribution in [1.82, 2.24) is 14.7 Å². The number of para-hydroxylation sites is 1. The minimum atomic E-state index is -0.120. The first-order valence-corrected chi connectivity index (χ1v) is 9.26. The molecule has 0 aliphatic carbocycles. The lowest BCUT2D eigenvalue weighted by molar-refractivity contribution is -0.126. The molecule has 136 valence electrons. The Balaban J connectivity index is 1.99. The average Bonchev–Trinajstić information content (AvgIpc) is 2.87. The van der Waals surface area contributed by atoms with Gasteiger partial charge < -0.3 is 4.90 Å². The maximum absolute atomic E-state index is 12.6. The van der Waals surface area contributed by atoms with Gasteiger partial charge in [-0.1, -0.05) is 57.3 Å². The molecule has 4 nitrogen and oxygen atoms in total. The van der Waals surface area contributed by atoms with Crippen LogP contribution in [0.5, 0.6) is 0 Å². The van der Waals surface area contributed by atoms with Gasteiger partial charge in [-0.3, -0.25) is 4.79 Å². The fourth-order valence-corrected chi connectivity index (χ4v) is 3.49. The molecule has 0 fully saturated rings. The third-order valence-corrected chi connectivity index (χ3v) is 4.74. The summed E-state index contributed by atoms with van der Waals surface area (Å²) in [5.41, 5.74) is 2.94. The normalized spacial score (nSPS) is 15.8. The van der Waals surface area contributed by atoms with Crippen molar-refractivity contribution in [2.45, 2.75) is 40.7 Å². The largest absolute Gasteiger partial charge is 0.327 e. The quantitative estimate of drug-likeness (QED) is 0.710. The second-order valence-electron chi connectivity index (χ2n) is 7.91. The van der Waals surface area contributed by atoms with E-state index in [1.165, 1.54) is 0 Å². The van der Waals surface area contributed by atoms with Crippen molar-refractivity contribution in [2.75, 3.05) is 6.54 Å². The molecule has 0 saturated carbocycles. The van der Waals surface area contributed by atoms with Gasteiger partial charge in [0.2, 0.25) is 0 Å². The highest BCUT2D eigenvalue weighted by Gasteiger charge is 2.32. The number of hydrogen-bond donors (Lipinski definition) is 0. The van der Waals surface area contributed by atoms with Gasteiger partial charge in [-0.05, 0) is 29.9 Å². The highest BCUT2D eigenvalue weighted by molar-refractivity contribution is 6.32. The van der Waals surface area contributed by atoms with Crippen LogP contribution in [0.1, 0.15) is 39.0 Å². The number of carbonyl (C=O) groups excluding carboxylic acids is 1.